The van der Waals surface area contributed by atoms with Crippen LogP contribution in [0.4, 0.5) is 5.69 Å². The molecule has 2 aromatic rings. The monoisotopic (exact) mass is 339 g/mol. The number of carbonyl (C=O) groups excluding carboxylic acids is 1. The second kappa shape index (κ2) is 5.79. The van der Waals surface area contributed by atoms with Gasteiger partial charge in [0.15, 0.2) is 0 Å². The van der Waals surface area contributed by atoms with E-state index in [1.807, 2.05) is 6.07 Å². The van der Waals surface area contributed by atoms with Crippen molar-refractivity contribution in [1.82, 2.24) is 0 Å². The van der Waals surface area contributed by atoms with Gasteiger partial charge in [-0.15, -0.1) is 11.8 Å². The van der Waals surface area contributed by atoms with Crippen LogP contribution >= 0.6 is 35.0 Å². The van der Waals surface area contributed by atoms with Gasteiger partial charge < -0.3 is 5.11 Å². The van der Waals surface area contributed by atoms with Crippen LogP contribution in [0.5, 0.6) is 5.75 Å². The molecule has 1 heterocycles. The summed E-state index contributed by atoms with van der Waals surface area (Å²) in [4.78, 5) is 13.9. The molecule has 0 aliphatic carbocycles. The Morgan fingerprint density at radius 2 is 1.86 bits per heavy atom. The van der Waals surface area contributed by atoms with Crippen molar-refractivity contribution >= 4 is 46.6 Å². The molecule has 1 aliphatic rings. The molecule has 6 heteroatoms. The Kier molecular flexibility index (Phi) is 4.02. The number of hydrogen-bond donors (Lipinski definition) is 1. The number of anilines is 1. The van der Waals surface area contributed by atoms with Crippen LogP contribution < -0.4 is 4.90 Å². The summed E-state index contributed by atoms with van der Waals surface area (Å²) in [5, 5.41) is 10.3. The van der Waals surface area contributed by atoms with E-state index < -0.39 is 0 Å². The number of rotatable bonds is 2. The summed E-state index contributed by atoms with van der Waals surface area (Å²) >= 11 is 13.7. The maximum Gasteiger partial charge on any atom is 0.238 e. The van der Waals surface area contributed by atoms with Gasteiger partial charge in [-0.3, -0.25) is 9.69 Å². The lowest BCUT2D eigenvalue weighted by molar-refractivity contribution is -0.115. The first kappa shape index (κ1) is 14.6. The normalized spacial score (nSPS) is 18.3. The third kappa shape index (κ3) is 2.84. The zero-order valence-electron chi connectivity index (χ0n) is 10.8. The molecule has 3 nitrogen and oxygen atoms in total. The smallest absolute Gasteiger partial charge is 0.238 e. The molecule has 0 radical (unpaired) electrons. The lowest BCUT2D eigenvalue weighted by Crippen LogP contribution is -2.27. The van der Waals surface area contributed by atoms with E-state index >= 15 is 0 Å². The van der Waals surface area contributed by atoms with E-state index in [1.165, 1.54) is 11.8 Å². The number of phenols is 1. The molecule has 1 fully saturated rings. The van der Waals surface area contributed by atoms with Gasteiger partial charge in [-0.05, 0) is 36.4 Å². The van der Waals surface area contributed by atoms with Crippen LogP contribution in [0.2, 0.25) is 10.0 Å². The average Bonchev–Trinajstić information content (AvgIpc) is 2.82. The number of phenolic OH excluding ortho intramolecular Hbond substituents is 1. The van der Waals surface area contributed by atoms with Gasteiger partial charge in [-0.1, -0.05) is 29.3 Å². The van der Waals surface area contributed by atoms with Crippen LogP contribution in [-0.2, 0) is 4.79 Å². The number of aromatic hydroxyl groups is 1. The van der Waals surface area contributed by atoms with Crippen LogP contribution in [0, 0.1) is 0 Å². The Balaban J connectivity index is 2.01. The van der Waals surface area contributed by atoms with Gasteiger partial charge >= 0.3 is 0 Å². The van der Waals surface area contributed by atoms with Gasteiger partial charge in [-0.25, -0.2) is 0 Å². The SMILES string of the molecule is O=C1CSC(c2ccc(Cl)cc2Cl)N1c1ccc(O)cc1. The molecular weight excluding hydrogens is 329 g/mol. The maximum absolute atomic E-state index is 12.2. The molecule has 1 N–H and O–H groups in total. The minimum Gasteiger partial charge on any atom is -0.508 e. The second-order valence-electron chi connectivity index (χ2n) is 4.61. The number of thioether (sulfide) groups is 1. The molecule has 0 aromatic heterocycles. The van der Waals surface area contributed by atoms with E-state index in [0.717, 1.165) is 11.3 Å². The van der Waals surface area contributed by atoms with Gasteiger partial charge in [0.05, 0.1) is 5.75 Å². The fourth-order valence-corrected chi connectivity index (χ4v) is 4.04. The van der Waals surface area contributed by atoms with Gasteiger partial charge in [0, 0.05) is 21.3 Å². The van der Waals surface area contributed by atoms with E-state index in [1.54, 1.807) is 41.3 Å². The van der Waals surface area contributed by atoms with E-state index in [2.05, 4.69) is 0 Å². The highest BCUT2D eigenvalue weighted by Crippen LogP contribution is 2.44. The van der Waals surface area contributed by atoms with Gasteiger partial charge in [0.25, 0.3) is 0 Å². The summed E-state index contributed by atoms with van der Waals surface area (Å²) in [6.07, 6.45) is 0. The first-order chi connectivity index (χ1) is 10.1. The third-order valence-corrected chi connectivity index (χ3v) is 4.98. The van der Waals surface area contributed by atoms with E-state index in [0.29, 0.717) is 15.8 Å². The molecule has 108 valence electrons. The van der Waals surface area contributed by atoms with Crippen molar-refractivity contribution in [2.75, 3.05) is 10.7 Å². The molecular formula is C15H11Cl2NO2S. The Morgan fingerprint density at radius 1 is 1.14 bits per heavy atom. The molecule has 3 rings (SSSR count). The van der Waals surface area contributed by atoms with Crippen molar-refractivity contribution in [1.29, 1.82) is 0 Å². The number of benzene rings is 2. The lowest BCUT2D eigenvalue weighted by atomic mass is 10.2. The van der Waals surface area contributed by atoms with Crippen LogP contribution in [0.15, 0.2) is 42.5 Å². The third-order valence-electron chi connectivity index (χ3n) is 3.22. The zero-order valence-corrected chi connectivity index (χ0v) is 13.1. The number of halogens is 2. The molecule has 1 atom stereocenters. The van der Waals surface area contributed by atoms with Crippen molar-refractivity contribution < 1.29 is 9.90 Å². The molecule has 1 saturated heterocycles. The van der Waals surface area contributed by atoms with Gasteiger partial charge in [0.2, 0.25) is 5.91 Å². The first-order valence-electron chi connectivity index (χ1n) is 6.24. The first-order valence-corrected chi connectivity index (χ1v) is 8.04. The summed E-state index contributed by atoms with van der Waals surface area (Å²) < 4.78 is 0. The van der Waals surface area contributed by atoms with E-state index in [4.69, 9.17) is 23.2 Å². The number of carbonyl (C=O) groups is 1. The molecule has 1 amide bonds. The molecule has 2 aromatic carbocycles. The summed E-state index contributed by atoms with van der Waals surface area (Å²) in [5.74, 6) is 0.575. The Bertz CT molecular complexity index is 691. The summed E-state index contributed by atoms with van der Waals surface area (Å²) in [6.45, 7) is 0. The molecule has 0 spiro atoms. The van der Waals surface area contributed by atoms with Gasteiger partial charge in [-0.2, -0.15) is 0 Å². The topological polar surface area (TPSA) is 40.5 Å². The van der Waals surface area contributed by atoms with Crippen molar-refractivity contribution in [3.05, 3.63) is 58.1 Å². The van der Waals surface area contributed by atoms with E-state index in [9.17, 15) is 9.90 Å². The fourth-order valence-electron chi connectivity index (χ4n) is 2.25. The minimum absolute atomic E-state index is 0.0155. The van der Waals surface area contributed by atoms with Crippen LogP contribution in [0.1, 0.15) is 10.9 Å². The Hall–Kier alpha value is -1.36. The summed E-state index contributed by atoms with van der Waals surface area (Å²) in [7, 11) is 0. The highest BCUT2D eigenvalue weighted by atomic mass is 35.5. The van der Waals surface area contributed by atoms with Crippen molar-refractivity contribution in [3.63, 3.8) is 0 Å². The Labute approximate surface area is 136 Å². The molecule has 0 bridgehead atoms. The fraction of sp³-hybridized carbons (Fsp3) is 0.133. The van der Waals surface area contributed by atoms with Gasteiger partial charge in [0.1, 0.15) is 11.1 Å². The highest BCUT2D eigenvalue weighted by Gasteiger charge is 2.35. The van der Waals surface area contributed by atoms with Crippen molar-refractivity contribution in [2.24, 2.45) is 0 Å². The quantitative estimate of drug-likeness (QED) is 0.876. The second-order valence-corrected chi connectivity index (χ2v) is 6.52. The average molecular weight is 340 g/mol. The predicted octanol–water partition coefficient (Wildman–Crippen LogP) is 4.48. The maximum atomic E-state index is 12.2. The Morgan fingerprint density at radius 3 is 2.52 bits per heavy atom. The number of hydrogen-bond acceptors (Lipinski definition) is 3. The van der Waals surface area contributed by atoms with Crippen molar-refractivity contribution in [2.45, 2.75) is 5.37 Å². The largest absolute Gasteiger partial charge is 0.508 e. The van der Waals surface area contributed by atoms with E-state index in [-0.39, 0.29) is 17.0 Å². The molecule has 0 saturated carbocycles. The number of amides is 1. The molecule has 1 aliphatic heterocycles. The molecule has 1 unspecified atom stereocenters. The van der Waals surface area contributed by atoms with Crippen LogP contribution in [0.3, 0.4) is 0 Å². The zero-order chi connectivity index (χ0) is 15.0. The summed E-state index contributed by atoms with van der Waals surface area (Å²) in [5.41, 5.74) is 1.59. The minimum atomic E-state index is -0.188. The molecule has 21 heavy (non-hydrogen) atoms. The van der Waals surface area contributed by atoms with Crippen LogP contribution in [-0.4, -0.2) is 16.8 Å². The lowest BCUT2D eigenvalue weighted by Gasteiger charge is -2.25. The number of nitrogens with zero attached hydrogens (tertiary/aromatic N) is 1. The van der Waals surface area contributed by atoms with Crippen molar-refractivity contribution in [3.8, 4) is 5.75 Å². The summed E-state index contributed by atoms with van der Waals surface area (Å²) in [6, 6.07) is 11.8. The predicted molar refractivity (Wildman–Crippen MR) is 87.3 cm³/mol. The highest BCUT2D eigenvalue weighted by molar-refractivity contribution is 8.00. The van der Waals surface area contributed by atoms with Crippen LogP contribution in [0.25, 0.3) is 0 Å². The standard InChI is InChI=1S/C15H11Cl2NO2S/c16-9-1-6-12(13(17)7-9)15-18(14(20)8-21-15)10-2-4-11(19)5-3-10/h1-7,15,19H,8H2.